The van der Waals surface area contributed by atoms with Crippen molar-refractivity contribution in [1.29, 1.82) is 5.41 Å². The first-order valence-corrected chi connectivity index (χ1v) is 5.12. The molecule has 0 atom stereocenters. The number of hydrogen-bond donors (Lipinski definition) is 4. The predicted molar refractivity (Wildman–Crippen MR) is 57.5 cm³/mol. The van der Waals surface area contributed by atoms with E-state index in [9.17, 15) is 0 Å². The van der Waals surface area contributed by atoms with Crippen LogP contribution >= 0.6 is 0 Å². The molecule has 0 aromatic rings. The Labute approximate surface area is 88.7 Å². The van der Waals surface area contributed by atoms with Crippen LogP contribution in [-0.2, 0) is 0 Å². The molecule has 0 unspecified atom stereocenters. The van der Waals surface area contributed by atoms with Crippen molar-refractivity contribution in [3.05, 3.63) is 23.7 Å². The summed E-state index contributed by atoms with van der Waals surface area (Å²) >= 11 is 0. The van der Waals surface area contributed by atoms with Gasteiger partial charge in [-0.1, -0.05) is 0 Å². The summed E-state index contributed by atoms with van der Waals surface area (Å²) in [4.78, 5) is 0. The SMILES string of the molecule is N=C1C(CO)=CN/C(=C/CC2CC2)N1N. The van der Waals surface area contributed by atoms with Crippen molar-refractivity contribution in [2.75, 3.05) is 6.61 Å². The molecule has 15 heavy (non-hydrogen) atoms. The van der Waals surface area contributed by atoms with Gasteiger partial charge in [0.2, 0.25) is 0 Å². The van der Waals surface area contributed by atoms with E-state index >= 15 is 0 Å². The summed E-state index contributed by atoms with van der Waals surface area (Å²) in [7, 11) is 0. The molecule has 1 aliphatic carbocycles. The quantitative estimate of drug-likeness (QED) is 0.501. The third kappa shape index (κ3) is 2.19. The maximum Gasteiger partial charge on any atom is 0.148 e. The molecule has 0 spiro atoms. The number of rotatable bonds is 3. The summed E-state index contributed by atoms with van der Waals surface area (Å²) in [5.41, 5.74) is 0.501. The van der Waals surface area contributed by atoms with Crippen molar-refractivity contribution < 1.29 is 5.11 Å². The molecule has 0 radical (unpaired) electrons. The van der Waals surface area contributed by atoms with Gasteiger partial charge in [-0.15, -0.1) is 0 Å². The molecular formula is C10H16N4O. The molecule has 2 aliphatic rings. The topological polar surface area (TPSA) is 85.4 Å². The van der Waals surface area contributed by atoms with Gasteiger partial charge in [0.1, 0.15) is 11.7 Å². The minimum Gasteiger partial charge on any atom is -0.391 e. The molecule has 0 aromatic heterocycles. The first kappa shape index (κ1) is 10.2. The number of hydrazine groups is 1. The van der Waals surface area contributed by atoms with Crippen molar-refractivity contribution >= 4 is 5.84 Å². The molecule has 1 fully saturated rings. The van der Waals surface area contributed by atoms with Crippen molar-refractivity contribution in [3.63, 3.8) is 0 Å². The molecule has 5 N–H and O–H groups in total. The second kappa shape index (κ2) is 4.04. The van der Waals surface area contributed by atoms with Gasteiger partial charge in [-0.3, -0.25) is 5.41 Å². The summed E-state index contributed by atoms with van der Waals surface area (Å²) in [6.07, 6.45) is 7.24. The first-order valence-electron chi connectivity index (χ1n) is 5.12. The van der Waals surface area contributed by atoms with E-state index in [0.29, 0.717) is 5.57 Å². The number of aliphatic hydroxyl groups excluding tert-OH is 1. The molecule has 1 aliphatic heterocycles. The predicted octanol–water partition coefficient (Wildman–Crippen LogP) is 0.260. The molecule has 82 valence electrons. The molecule has 5 heteroatoms. The number of hydrogen-bond acceptors (Lipinski definition) is 4. The summed E-state index contributed by atoms with van der Waals surface area (Å²) in [5, 5.41) is 20.9. The minimum absolute atomic E-state index is 0.151. The van der Waals surface area contributed by atoms with Gasteiger partial charge in [0.25, 0.3) is 0 Å². The lowest BCUT2D eigenvalue weighted by molar-refractivity contribution is 0.330. The van der Waals surface area contributed by atoms with Gasteiger partial charge in [-0.2, -0.15) is 0 Å². The zero-order valence-electron chi connectivity index (χ0n) is 8.53. The van der Waals surface area contributed by atoms with E-state index in [1.807, 2.05) is 6.08 Å². The normalized spacial score (nSPS) is 24.1. The van der Waals surface area contributed by atoms with Gasteiger partial charge >= 0.3 is 0 Å². The van der Waals surface area contributed by atoms with Crippen LogP contribution in [0.15, 0.2) is 23.7 Å². The van der Waals surface area contributed by atoms with Gasteiger partial charge < -0.3 is 10.4 Å². The number of amidine groups is 1. The number of aliphatic hydroxyl groups is 1. The highest BCUT2D eigenvalue weighted by Crippen LogP contribution is 2.33. The van der Waals surface area contributed by atoms with Crippen LogP contribution in [0, 0.1) is 11.3 Å². The fourth-order valence-electron chi connectivity index (χ4n) is 1.48. The highest BCUT2D eigenvalue weighted by Gasteiger charge is 2.22. The maximum atomic E-state index is 8.94. The summed E-state index contributed by atoms with van der Waals surface area (Å²) < 4.78 is 0. The van der Waals surface area contributed by atoms with E-state index in [-0.39, 0.29) is 12.4 Å². The van der Waals surface area contributed by atoms with Crippen molar-refractivity contribution in [3.8, 4) is 0 Å². The minimum atomic E-state index is -0.171. The largest absolute Gasteiger partial charge is 0.391 e. The second-order valence-electron chi connectivity index (χ2n) is 3.96. The summed E-state index contributed by atoms with van der Waals surface area (Å²) in [6, 6.07) is 0. The Hall–Kier alpha value is -1.33. The lowest BCUT2D eigenvalue weighted by atomic mass is 10.2. The van der Waals surface area contributed by atoms with Crippen LogP contribution in [-0.4, -0.2) is 22.6 Å². The van der Waals surface area contributed by atoms with Gasteiger partial charge in [-0.25, -0.2) is 10.9 Å². The van der Waals surface area contributed by atoms with Gasteiger partial charge in [0, 0.05) is 11.8 Å². The average molecular weight is 208 g/mol. The van der Waals surface area contributed by atoms with Gasteiger partial charge in [0.05, 0.1) is 6.61 Å². The van der Waals surface area contributed by atoms with E-state index in [1.165, 1.54) is 17.9 Å². The molecular weight excluding hydrogens is 192 g/mol. The second-order valence-corrected chi connectivity index (χ2v) is 3.96. The van der Waals surface area contributed by atoms with Crippen LogP contribution in [0.4, 0.5) is 0 Å². The van der Waals surface area contributed by atoms with Crippen molar-refractivity contribution in [1.82, 2.24) is 10.3 Å². The Kier molecular flexibility index (Phi) is 2.75. The third-order valence-electron chi connectivity index (χ3n) is 2.71. The Balaban J connectivity index is 2.05. The van der Waals surface area contributed by atoms with Crippen LogP contribution in [0.2, 0.25) is 0 Å². The summed E-state index contributed by atoms with van der Waals surface area (Å²) in [6.45, 7) is -0.171. The molecule has 0 bridgehead atoms. The van der Waals surface area contributed by atoms with E-state index in [4.69, 9.17) is 16.4 Å². The monoisotopic (exact) mass is 208 g/mol. The number of allylic oxidation sites excluding steroid dienone is 1. The highest BCUT2D eigenvalue weighted by atomic mass is 16.3. The van der Waals surface area contributed by atoms with Crippen molar-refractivity contribution in [2.45, 2.75) is 19.3 Å². The van der Waals surface area contributed by atoms with Crippen LogP contribution < -0.4 is 11.2 Å². The average Bonchev–Trinajstić information content (AvgIpc) is 3.04. The number of nitrogens with two attached hydrogens (primary N) is 1. The van der Waals surface area contributed by atoms with Gasteiger partial charge in [0.15, 0.2) is 0 Å². The summed E-state index contributed by atoms with van der Waals surface area (Å²) in [5.74, 6) is 7.39. The molecule has 0 amide bonds. The maximum absolute atomic E-state index is 8.94. The van der Waals surface area contributed by atoms with E-state index in [1.54, 1.807) is 6.20 Å². The van der Waals surface area contributed by atoms with Crippen LogP contribution in [0.5, 0.6) is 0 Å². The Morgan fingerprint density at radius 1 is 1.67 bits per heavy atom. The zero-order chi connectivity index (χ0) is 10.8. The third-order valence-corrected chi connectivity index (χ3v) is 2.71. The number of nitrogens with zero attached hydrogens (tertiary/aromatic N) is 1. The first-order chi connectivity index (χ1) is 7.22. The Morgan fingerprint density at radius 3 is 3.00 bits per heavy atom. The Bertz CT molecular complexity index is 330. The Morgan fingerprint density at radius 2 is 2.40 bits per heavy atom. The molecule has 1 heterocycles. The van der Waals surface area contributed by atoms with Crippen molar-refractivity contribution in [2.24, 2.45) is 11.8 Å². The van der Waals surface area contributed by atoms with E-state index in [2.05, 4.69) is 5.32 Å². The molecule has 1 saturated carbocycles. The fourth-order valence-corrected chi connectivity index (χ4v) is 1.48. The van der Waals surface area contributed by atoms with Crippen LogP contribution in [0.3, 0.4) is 0 Å². The highest BCUT2D eigenvalue weighted by molar-refractivity contribution is 5.97. The molecule has 2 rings (SSSR count). The molecule has 0 saturated heterocycles. The zero-order valence-corrected chi connectivity index (χ0v) is 8.53. The smallest absolute Gasteiger partial charge is 0.148 e. The molecule has 5 nitrogen and oxygen atoms in total. The fraction of sp³-hybridized carbons (Fsp3) is 0.500. The standard InChI is InChI=1S/C10H16N4O/c11-10-8(6-15)5-13-9(14(10)12)4-3-7-1-2-7/h4-5,7,11,13,15H,1-3,6,12H2/b9-4-,11-10?. The van der Waals surface area contributed by atoms with Gasteiger partial charge in [-0.05, 0) is 31.3 Å². The lowest BCUT2D eigenvalue weighted by Crippen LogP contribution is -2.45. The number of nitrogens with one attached hydrogen (secondary N) is 2. The van der Waals surface area contributed by atoms with Crippen LogP contribution in [0.25, 0.3) is 0 Å². The van der Waals surface area contributed by atoms with E-state index < -0.39 is 0 Å². The molecule has 0 aromatic carbocycles. The van der Waals surface area contributed by atoms with E-state index in [0.717, 1.165) is 18.2 Å². The van der Waals surface area contributed by atoms with Crippen LogP contribution in [0.1, 0.15) is 19.3 Å². The lowest BCUT2D eigenvalue weighted by Gasteiger charge is -2.27.